The van der Waals surface area contributed by atoms with Gasteiger partial charge in [0.1, 0.15) is 11.7 Å². The molecule has 0 aromatic heterocycles. The van der Waals surface area contributed by atoms with Gasteiger partial charge < -0.3 is 10.2 Å². The maximum Gasteiger partial charge on any atom is 0.116 e. The molecule has 0 saturated carbocycles. The third-order valence-corrected chi connectivity index (χ3v) is 2.31. The lowest BCUT2D eigenvalue weighted by molar-refractivity contribution is -0.0424. The van der Waals surface area contributed by atoms with Crippen molar-refractivity contribution in [1.82, 2.24) is 0 Å². The Morgan fingerprint density at radius 3 is 2.36 bits per heavy atom. The highest BCUT2D eigenvalue weighted by Gasteiger charge is 2.29. The number of aliphatic hydroxyl groups excluding tert-OH is 1. The molecule has 2 heteroatoms. The minimum absolute atomic E-state index is 0.714. The summed E-state index contributed by atoms with van der Waals surface area (Å²) in [5.74, 6) is 0. The highest BCUT2D eigenvalue weighted by molar-refractivity contribution is 5.24. The largest absolute Gasteiger partial charge is 0.386 e. The number of allylic oxidation sites excluding steroid dienone is 1. The van der Waals surface area contributed by atoms with E-state index in [2.05, 4.69) is 0 Å². The Balaban J connectivity index is 2.95. The first kappa shape index (κ1) is 11.0. The second kappa shape index (κ2) is 4.40. The van der Waals surface area contributed by atoms with E-state index in [1.807, 2.05) is 25.1 Å². The summed E-state index contributed by atoms with van der Waals surface area (Å²) in [5.41, 5.74) is -0.515. The first-order chi connectivity index (χ1) is 6.59. The zero-order chi connectivity index (χ0) is 10.6. The molecule has 0 unspecified atom stereocenters. The van der Waals surface area contributed by atoms with Crippen LogP contribution in [0.2, 0.25) is 0 Å². The van der Waals surface area contributed by atoms with E-state index in [0.717, 1.165) is 0 Å². The topological polar surface area (TPSA) is 40.5 Å². The summed E-state index contributed by atoms with van der Waals surface area (Å²) in [6.07, 6.45) is 2.42. The van der Waals surface area contributed by atoms with Gasteiger partial charge in [0.25, 0.3) is 0 Å². The molecule has 2 nitrogen and oxygen atoms in total. The van der Waals surface area contributed by atoms with Crippen molar-refractivity contribution < 1.29 is 10.2 Å². The standard InChI is InChI=1S/C12H16O2/c1-3-7-11(13)12(2,14)10-8-5-4-6-9-10/h3-9,11,13-14H,1-2H3/b7-3+/t11-,12-/m1/s1. The van der Waals surface area contributed by atoms with Crippen LogP contribution in [0.3, 0.4) is 0 Å². The fraction of sp³-hybridized carbons (Fsp3) is 0.333. The van der Waals surface area contributed by atoms with Crippen molar-refractivity contribution in [2.24, 2.45) is 0 Å². The van der Waals surface area contributed by atoms with Crippen LogP contribution in [0.4, 0.5) is 0 Å². The molecule has 2 N–H and O–H groups in total. The average molecular weight is 192 g/mol. The molecule has 1 aromatic rings. The van der Waals surface area contributed by atoms with Gasteiger partial charge in [0.15, 0.2) is 0 Å². The van der Waals surface area contributed by atoms with Crippen molar-refractivity contribution in [2.45, 2.75) is 25.6 Å². The molecule has 1 rings (SSSR count). The fourth-order valence-corrected chi connectivity index (χ4v) is 1.32. The lowest BCUT2D eigenvalue weighted by Crippen LogP contribution is -2.34. The molecule has 0 saturated heterocycles. The summed E-state index contributed by atoms with van der Waals surface area (Å²) in [5, 5.41) is 19.8. The van der Waals surface area contributed by atoms with Crippen LogP contribution in [-0.2, 0) is 5.60 Å². The molecular weight excluding hydrogens is 176 g/mol. The van der Waals surface area contributed by atoms with Gasteiger partial charge in [-0.1, -0.05) is 42.5 Å². The summed E-state index contributed by atoms with van der Waals surface area (Å²) < 4.78 is 0. The summed E-state index contributed by atoms with van der Waals surface area (Å²) in [4.78, 5) is 0. The molecule has 0 amide bonds. The van der Waals surface area contributed by atoms with E-state index in [0.29, 0.717) is 5.56 Å². The van der Waals surface area contributed by atoms with Crippen molar-refractivity contribution in [3.8, 4) is 0 Å². The van der Waals surface area contributed by atoms with E-state index >= 15 is 0 Å². The first-order valence-corrected chi connectivity index (χ1v) is 4.68. The molecule has 0 bridgehead atoms. The molecule has 1 aromatic carbocycles. The van der Waals surface area contributed by atoms with Gasteiger partial charge in [-0.25, -0.2) is 0 Å². The Morgan fingerprint density at radius 2 is 1.86 bits per heavy atom. The van der Waals surface area contributed by atoms with Gasteiger partial charge in [0, 0.05) is 0 Å². The SMILES string of the molecule is C/C=C/[C@@H](O)[C@](C)(O)c1ccccc1. The van der Waals surface area contributed by atoms with Crippen molar-refractivity contribution >= 4 is 0 Å². The van der Waals surface area contributed by atoms with Crippen LogP contribution in [0.1, 0.15) is 19.4 Å². The summed E-state index contributed by atoms with van der Waals surface area (Å²) >= 11 is 0. The quantitative estimate of drug-likeness (QED) is 0.717. The van der Waals surface area contributed by atoms with Crippen molar-refractivity contribution in [1.29, 1.82) is 0 Å². The lowest BCUT2D eigenvalue weighted by atomic mass is 9.90. The minimum atomic E-state index is -1.23. The van der Waals surface area contributed by atoms with Gasteiger partial charge in [0.2, 0.25) is 0 Å². The van der Waals surface area contributed by atoms with Crippen LogP contribution >= 0.6 is 0 Å². The molecular formula is C12H16O2. The molecule has 0 spiro atoms. The number of hydrogen-bond acceptors (Lipinski definition) is 2. The van der Waals surface area contributed by atoms with E-state index in [9.17, 15) is 10.2 Å². The zero-order valence-electron chi connectivity index (χ0n) is 8.51. The number of hydrogen-bond donors (Lipinski definition) is 2. The Labute approximate surface area is 84.5 Å². The minimum Gasteiger partial charge on any atom is -0.386 e. The predicted octanol–water partition coefficient (Wildman–Crippen LogP) is 1.83. The Bertz CT molecular complexity index is 301. The Hall–Kier alpha value is -1.12. The normalized spacial score (nSPS) is 18.0. The van der Waals surface area contributed by atoms with Gasteiger partial charge in [-0.15, -0.1) is 0 Å². The van der Waals surface area contributed by atoms with E-state index in [1.165, 1.54) is 0 Å². The van der Waals surface area contributed by atoms with Crippen LogP contribution in [0.5, 0.6) is 0 Å². The molecule has 76 valence electrons. The maximum atomic E-state index is 10.1. The first-order valence-electron chi connectivity index (χ1n) is 4.68. The summed E-state index contributed by atoms with van der Waals surface area (Å²) in [6, 6.07) is 9.15. The Morgan fingerprint density at radius 1 is 1.29 bits per heavy atom. The maximum absolute atomic E-state index is 10.1. The summed E-state index contributed by atoms with van der Waals surface area (Å²) in [7, 11) is 0. The fourth-order valence-electron chi connectivity index (χ4n) is 1.32. The van der Waals surface area contributed by atoms with E-state index in [4.69, 9.17) is 0 Å². The van der Waals surface area contributed by atoms with E-state index in [1.54, 1.807) is 31.2 Å². The van der Waals surface area contributed by atoms with Crippen LogP contribution in [-0.4, -0.2) is 16.3 Å². The highest BCUT2D eigenvalue weighted by atomic mass is 16.3. The molecule has 0 aliphatic rings. The molecule has 0 aliphatic carbocycles. The van der Waals surface area contributed by atoms with E-state index < -0.39 is 11.7 Å². The van der Waals surface area contributed by atoms with Gasteiger partial charge in [0.05, 0.1) is 0 Å². The molecule has 0 aliphatic heterocycles. The number of aliphatic hydroxyl groups is 2. The molecule has 14 heavy (non-hydrogen) atoms. The molecule has 2 atom stereocenters. The zero-order valence-corrected chi connectivity index (χ0v) is 8.51. The van der Waals surface area contributed by atoms with Crippen LogP contribution in [0.25, 0.3) is 0 Å². The number of rotatable bonds is 3. The second-order valence-electron chi connectivity index (χ2n) is 3.48. The Kier molecular flexibility index (Phi) is 3.44. The van der Waals surface area contributed by atoms with Crippen molar-refractivity contribution in [3.05, 3.63) is 48.0 Å². The second-order valence-corrected chi connectivity index (χ2v) is 3.48. The number of benzene rings is 1. The predicted molar refractivity (Wildman–Crippen MR) is 56.8 cm³/mol. The van der Waals surface area contributed by atoms with Gasteiger partial charge in [-0.05, 0) is 19.4 Å². The summed E-state index contributed by atoms with van der Waals surface area (Å²) in [6.45, 7) is 3.41. The van der Waals surface area contributed by atoms with E-state index in [-0.39, 0.29) is 0 Å². The van der Waals surface area contributed by atoms with Gasteiger partial charge in [-0.2, -0.15) is 0 Å². The van der Waals surface area contributed by atoms with Crippen LogP contribution < -0.4 is 0 Å². The van der Waals surface area contributed by atoms with Crippen molar-refractivity contribution in [2.75, 3.05) is 0 Å². The van der Waals surface area contributed by atoms with Crippen LogP contribution in [0.15, 0.2) is 42.5 Å². The molecule has 0 radical (unpaired) electrons. The lowest BCUT2D eigenvalue weighted by Gasteiger charge is -2.27. The van der Waals surface area contributed by atoms with Crippen LogP contribution in [0, 0.1) is 0 Å². The smallest absolute Gasteiger partial charge is 0.116 e. The van der Waals surface area contributed by atoms with Crippen molar-refractivity contribution in [3.63, 3.8) is 0 Å². The third kappa shape index (κ3) is 2.22. The monoisotopic (exact) mass is 192 g/mol. The molecule has 0 fully saturated rings. The third-order valence-electron chi connectivity index (χ3n) is 2.31. The highest BCUT2D eigenvalue weighted by Crippen LogP contribution is 2.24. The van der Waals surface area contributed by atoms with Gasteiger partial charge in [-0.3, -0.25) is 0 Å². The molecule has 0 heterocycles. The van der Waals surface area contributed by atoms with Gasteiger partial charge >= 0.3 is 0 Å². The average Bonchev–Trinajstić information content (AvgIpc) is 2.19.